The lowest BCUT2D eigenvalue weighted by molar-refractivity contribution is -0.119. The second-order valence-electron chi connectivity index (χ2n) is 5.82. The quantitative estimate of drug-likeness (QED) is 0.849. The minimum absolute atomic E-state index is 0.0341. The van der Waals surface area contributed by atoms with Crippen molar-refractivity contribution in [2.24, 2.45) is 0 Å². The number of rotatable bonds is 7. The number of amides is 2. The molecule has 0 saturated carbocycles. The SMILES string of the molecule is CCCN(Cc1ccccc1)C(=O)c1ccc(CNC(C)=O)cc1. The van der Waals surface area contributed by atoms with Crippen LogP contribution in [0.3, 0.4) is 0 Å². The summed E-state index contributed by atoms with van der Waals surface area (Å²) in [6.07, 6.45) is 0.916. The molecular weight excluding hydrogens is 300 g/mol. The first-order chi connectivity index (χ1) is 11.6. The summed E-state index contributed by atoms with van der Waals surface area (Å²) >= 11 is 0. The monoisotopic (exact) mass is 324 g/mol. The number of benzene rings is 2. The largest absolute Gasteiger partial charge is 0.352 e. The van der Waals surface area contributed by atoms with Gasteiger partial charge < -0.3 is 10.2 Å². The molecule has 0 saturated heterocycles. The van der Waals surface area contributed by atoms with E-state index in [1.54, 1.807) is 0 Å². The molecule has 0 unspecified atom stereocenters. The Bertz CT molecular complexity index is 666. The van der Waals surface area contributed by atoms with Gasteiger partial charge in [-0.2, -0.15) is 0 Å². The summed E-state index contributed by atoms with van der Waals surface area (Å²) < 4.78 is 0. The molecule has 2 rings (SSSR count). The Hall–Kier alpha value is -2.62. The van der Waals surface area contributed by atoms with Crippen LogP contribution in [0.5, 0.6) is 0 Å². The van der Waals surface area contributed by atoms with E-state index in [0.717, 1.165) is 24.1 Å². The number of hydrogen-bond donors (Lipinski definition) is 1. The van der Waals surface area contributed by atoms with Gasteiger partial charge in [-0.25, -0.2) is 0 Å². The molecule has 2 aromatic carbocycles. The molecule has 0 aliphatic heterocycles. The standard InChI is InChI=1S/C20H24N2O2/c1-3-13-22(15-18-7-5-4-6-8-18)20(24)19-11-9-17(10-12-19)14-21-16(2)23/h4-12H,3,13-15H2,1-2H3,(H,21,23). The van der Waals surface area contributed by atoms with Crippen molar-refractivity contribution in [3.8, 4) is 0 Å². The number of nitrogens with one attached hydrogen (secondary N) is 1. The maximum absolute atomic E-state index is 12.8. The fraction of sp³-hybridized carbons (Fsp3) is 0.300. The Balaban J connectivity index is 2.07. The topological polar surface area (TPSA) is 49.4 Å². The van der Waals surface area contributed by atoms with Gasteiger partial charge in [0, 0.05) is 32.1 Å². The van der Waals surface area contributed by atoms with Crippen LogP contribution in [-0.2, 0) is 17.9 Å². The van der Waals surface area contributed by atoms with Crippen molar-refractivity contribution in [1.29, 1.82) is 0 Å². The summed E-state index contributed by atoms with van der Waals surface area (Å²) in [5.41, 5.74) is 2.78. The normalized spacial score (nSPS) is 10.2. The summed E-state index contributed by atoms with van der Waals surface area (Å²) in [6.45, 7) is 5.38. The lowest BCUT2D eigenvalue weighted by Crippen LogP contribution is -2.31. The van der Waals surface area contributed by atoms with Gasteiger partial charge in [0.25, 0.3) is 5.91 Å². The third kappa shape index (κ3) is 5.23. The number of hydrogen-bond acceptors (Lipinski definition) is 2. The van der Waals surface area contributed by atoms with Gasteiger partial charge in [-0.1, -0.05) is 49.4 Å². The molecule has 0 aromatic heterocycles. The molecule has 24 heavy (non-hydrogen) atoms. The minimum Gasteiger partial charge on any atom is -0.352 e. The molecule has 4 nitrogen and oxygen atoms in total. The van der Waals surface area contributed by atoms with Crippen molar-refractivity contribution in [3.63, 3.8) is 0 Å². The Labute approximate surface area is 143 Å². The predicted molar refractivity (Wildman–Crippen MR) is 95.4 cm³/mol. The predicted octanol–water partition coefficient (Wildman–Crippen LogP) is 3.38. The zero-order valence-corrected chi connectivity index (χ0v) is 14.3. The van der Waals surface area contributed by atoms with E-state index in [1.807, 2.05) is 59.5 Å². The zero-order valence-electron chi connectivity index (χ0n) is 14.3. The van der Waals surface area contributed by atoms with E-state index < -0.39 is 0 Å². The summed E-state index contributed by atoms with van der Waals surface area (Å²) in [4.78, 5) is 25.6. The third-order valence-corrected chi connectivity index (χ3v) is 3.74. The zero-order chi connectivity index (χ0) is 17.4. The van der Waals surface area contributed by atoms with Crippen LogP contribution >= 0.6 is 0 Å². The lowest BCUT2D eigenvalue weighted by Gasteiger charge is -2.22. The van der Waals surface area contributed by atoms with E-state index in [4.69, 9.17) is 0 Å². The first kappa shape index (κ1) is 17.7. The Kier molecular flexibility index (Phi) is 6.55. The second-order valence-corrected chi connectivity index (χ2v) is 5.82. The molecule has 0 atom stereocenters. The first-order valence-corrected chi connectivity index (χ1v) is 8.26. The molecule has 1 N–H and O–H groups in total. The van der Waals surface area contributed by atoms with Crippen molar-refractivity contribution < 1.29 is 9.59 Å². The number of carbonyl (C=O) groups excluding carboxylic acids is 2. The average molecular weight is 324 g/mol. The maximum Gasteiger partial charge on any atom is 0.254 e. The van der Waals surface area contributed by atoms with Crippen LogP contribution in [0.2, 0.25) is 0 Å². The van der Waals surface area contributed by atoms with E-state index in [0.29, 0.717) is 18.7 Å². The van der Waals surface area contributed by atoms with Crippen LogP contribution < -0.4 is 5.32 Å². The highest BCUT2D eigenvalue weighted by atomic mass is 16.2. The van der Waals surface area contributed by atoms with Crippen LogP contribution in [0, 0.1) is 0 Å². The average Bonchev–Trinajstić information content (AvgIpc) is 2.60. The minimum atomic E-state index is -0.0628. The second kappa shape index (κ2) is 8.87. The van der Waals surface area contributed by atoms with Gasteiger partial charge in [-0.3, -0.25) is 9.59 Å². The van der Waals surface area contributed by atoms with Crippen LogP contribution in [-0.4, -0.2) is 23.3 Å². The van der Waals surface area contributed by atoms with E-state index in [1.165, 1.54) is 6.92 Å². The van der Waals surface area contributed by atoms with E-state index in [9.17, 15) is 9.59 Å². The molecule has 126 valence electrons. The smallest absolute Gasteiger partial charge is 0.254 e. The Morgan fingerprint density at radius 3 is 2.21 bits per heavy atom. The molecule has 2 aromatic rings. The maximum atomic E-state index is 12.8. The Morgan fingerprint density at radius 2 is 1.62 bits per heavy atom. The van der Waals surface area contributed by atoms with Gasteiger partial charge in [0.1, 0.15) is 0 Å². The number of carbonyl (C=O) groups is 2. The third-order valence-electron chi connectivity index (χ3n) is 3.74. The highest BCUT2D eigenvalue weighted by molar-refractivity contribution is 5.94. The molecule has 2 amide bonds. The summed E-state index contributed by atoms with van der Waals surface area (Å²) in [7, 11) is 0. The van der Waals surface area contributed by atoms with Gasteiger partial charge >= 0.3 is 0 Å². The van der Waals surface area contributed by atoms with Gasteiger partial charge in [-0.15, -0.1) is 0 Å². The molecule has 0 fully saturated rings. The van der Waals surface area contributed by atoms with Crippen molar-refractivity contribution >= 4 is 11.8 Å². The van der Waals surface area contributed by atoms with Crippen LogP contribution in [0.15, 0.2) is 54.6 Å². The van der Waals surface area contributed by atoms with Gasteiger partial charge in [0.2, 0.25) is 5.91 Å². The van der Waals surface area contributed by atoms with Gasteiger partial charge in [0.15, 0.2) is 0 Å². The van der Waals surface area contributed by atoms with Crippen molar-refractivity contribution in [3.05, 3.63) is 71.3 Å². The van der Waals surface area contributed by atoms with Crippen molar-refractivity contribution in [2.45, 2.75) is 33.4 Å². The fourth-order valence-corrected chi connectivity index (χ4v) is 2.50. The van der Waals surface area contributed by atoms with Gasteiger partial charge in [0.05, 0.1) is 0 Å². The first-order valence-electron chi connectivity index (χ1n) is 8.26. The molecular formula is C20H24N2O2. The molecule has 0 heterocycles. The highest BCUT2D eigenvalue weighted by Gasteiger charge is 2.15. The number of nitrogens with zero attached hydrogens (tertiary/aromatic N) is 1. The molecule has 0 spiro atoms. The van der Waals surface area contributed by atoms with E-state index in [-0.39, 0.29) is 11.8 Å². The van der Waals surface area contributed by atoms with E-state index >= 15 is 0 Å². The fourth-order valence-electron chi connectivity index (χ4n) is 2.50. The highest BCUT2D eigenvalue weighted by Crippen LogP contribution is 2.12. The lowest BCUT2D eigenvalue weighted by atomic mass is 10.1. The van der Waals surface area contributed by atoms with Crippen LogP contribution in [0.25, 0.3) is 0 Å². The summed E-state index contributed by atoms with van der Waals surface area (Å²) in [6, 6.07) is 17.4. The molecule has 4 heteroatoms. The van der Waals surface area contributed by atoms with Gasteiger partial charge in [-0.05, 0) is 29.7 Å². The van der Waals surface area contributed by atoms with Crippen LogP contribution in [0.1, 0.15) is 41.8 Å². The summed E-state index contributed by atoms with van der Waals surface area (Å²) in [5.74, 6) is -0.0288. The Morgan fingerprint density at radius 1 is 0.958 bits per heavy atom. The van der Waals surface area contributed by atoms with E-state index in [2.05, 4.69) is 12.2 Å². The van der Waals surface area contributed by atoms with Crippen molar-refractivity contribution in [2.75, 3.05) is 6.54 Å². The van der Waals surface area contributed by atoms with Crippen molar-refractivity contribution in [1.82, 2.24) is 10.2 Å². The molecule has 0 aliphatic rings. The summed E-state index contributed by atoms with van der Waals surface area (Å²) in [5, 5.41) is 2.75. The molecule has 0 aliphatic carbocycles. The molecule has 0 radical (unpaired) electrons. The van der Waals surface area contributed by atoms with Crippen LogP contribution in [0.4, 0.5) is 0 Å². The molecule has 0 bridgehead atoms.